The fourth-order valence-corrected chi connectivity index (χ4v) is 3.02. The monoisotopic (exact) mass is 294 g/mol. The van der Waals surface area contributed by atoms with Crippen LogP contribution in [-0.4, -0.2) is 18.5 Å². The Hall–Kier alpha value is -1.06. The highest BCUT2D eigenvalue weighted by Gasteiger charge is 2.20. The summed E-state index contributed by atoms with van der Waals surface area (Å²) in [5, 5.41) is 6.83. The van der Waals surface area contributed by atoms with Crippen LogP contribution in [0.2, 0.25) is 5.02 Å². The van der Waals surface area contributed by atoms with E-state index in [0.29, 0.717) is 23.5 Å². The summed E-state index contributed by atoms with van der Waals surface area (Å²) in [6.07, 6.45) is 6.57. The quantitative estimate of drug-likeness (QED) is 0.866. The summed E-state index contributed by atoms with van der Waals surface area (Å²) in [5.41, 5.74) is 0.745. The van der Waals surface area contributed by atoms with E-state index in [-0.39, 0.29) is 5.91 Å². The Labute approximate surface area is 126 Å². The molecule has 20 heavy (non-hydrogen) atoms. The first-order valence-corrected chi connectivity index (χ1v) is 7.82. The van der Waals surface area contributed by atoms with Gasteiger partial charge in [0.1, 0.15) is 0 Å². The molecule has 1 aliphatic rings. The minimum Gasteiger partial charge on any atom is -0.325 e. The molecule has 1 aliphatic carbocycles. The van der Waals surface area contributed by atoms with Gasteiger partial charge in [0.15, 0.2) is 0 Å². The van der Waals surface area contributed by atoms with Crippen molar-refractivity contribution >= 4 is 23.2 Å². The van der Waals surface area contributed by atoms with E-state index in [2.05, 4.69) is 17.6 Å². The first-order valence-electron chi connectivity index (χ1n) is 7.44. The van der Waals surface area contributed by atoms with Crippen molar-refractivity contribution < 1.29 is 4.79 Å². The zero-order valence-corrected chi connectivity index (χ0v) is 12.7. The highest BCUT2D eigenvalue weighted by molar-refractivity contribution is 6.30. The topological polar surface area (TPSA) is 41.1 Å². The Morgan fingerprint density at radius 2 is 2.10 bits per heavy atom. The maximum Gasteiger partial charge on any atom is 0.238 e. The number of carbonyl (C=O) groups excluding carboxylic acids is 1. The van der Waals surface area contributed by atoms with E-state index in [1.807, 2.05) is 12.1 Å². The van der Waals surface area contributed by atoms with Crippen LogP contribution >= 0.6 is 11.6 Å². The third kappa shape index (κ3) is 4.80. The Morgan fingerprint density at radius 3 is 2.80 bits per heavy atom. The van der Waals surface area contributed by atoms with Gasteiger partial charge in [-0.1, -0.05) is 36.9 Å². The summed E-state index contributed by atoms with van der Waals surface area (Å²) < 4.78 is 0. The average molecular weight is 295 g/mol. The number of hydrogen-bond donors (Lipinski definition) is 2. The van der Waals surface area contributed by atoms with Gasteiger partial charge in [-0.3, -0.25) is 4.79 Å². The maximum absolute atomic E-state index is 11.9. The van der Waals surface area contributed by atoms with Crippen molar-refractivity contribution in [2.24, 2.45) is 5.92 Å². The zero-order valence-electron chi connectivity index (χ0n) is 12.0. The van der Waals surface area contributed by atoms with Crippen LogP contribution in [-0.2, 0) is 4.79 Å². The Kier molecular flexibility index (Phi) is 5.86. The minimum absolute atomic E-state index is 0.0186. The van der Waals surface area contributed by atoms with Crippen LogP contribution in [0.25, 0.3) is 0 Å². The summed E-state index contributed by atoms with van der Waals surface area (Å²) in [5.74, 6) is 0.692. The predicted molar refractivity (Wildman–Crippen MR) is 84.1 cm³/mol. The van der Waals surface area contributed by atoms with Crippen molar-refractivity contribution in [2.75, 3.05) is 11.9 Å². The first kappa shape index (κ1) is 15.3. The smallest absolute Gasteiger partial charge is 0.238 e. The lowest BCUT2D eigenvalue weighted by Crippen LogP contribution is -2.39. The number of rotatable bonds is 5. The van der Waals surface area contributed by atoms with Gasteiger partial charge in [-0.25, -0.2) is 0 Å². The van der Waals surface area contributed by atoms with Crippen molar-refractivity contribution in [2.45, 2.75) is 45.1 Å². The second-order valence-electron chi connectivity index (χ2n) is 5.63. The molecule has 0 spiro atoms. The third-order valence-corrected chi connectivity index (χ3v) is 4.29. The van der Waals surface area contributed by atoms with Crippen LogP contribution in [0.5, 0.6) is 0 Å². The van der Waals surface area contributed by atoms with E-state index in [1.54, 1.807) is 12.1 Å². The van der Waals surface area contributed by atoms with E-state index < -0.39 is 0 Å². The molecular formula is C16H23ClN2O. The standard InChI is InChI=1S/C16H23ClN2O/c1-12(13-6-3-2-4-7-13)18-11-16(20)19-15-9-5-8-14(17)10-15/h5,8-10,12-13,18H,2-4,6-7,11H2,1H3,(H,19,20)/t12-/m0/s1. The number of carbonyl (C=O) groups is 1. The molecule has 1 saturated carbocycles. The number of amides is 1. The molecule has 110 valence electrons. The molecule has 0 saturated heterocycles. The van der Waals surface area contributed by atoms with E-state index in [1.165, 1.54) is 32.1 Å². The molecule has 0 aromatic heterocycles. The van der Waals surface area contributed by atoms with Gasteiger partial charge >= 0.3 is 0 Å². The van der Waals surface area contributed by atoms with Gasteiger partial charge in [0.05, 0.1) is 6.54 Å². The molecular weight excluding hydrogens is 272 g/mol. The molecule has 3 nitrogen and oxygen atoms in total. The number of halogens is 1. The first-order chi connectivity index (χ1) is 9.65. The Morgan fingerprint density at radius 1 is 1.35 bits per heavy atom. The summed E-state index contributed by atoms with van der Waals surface area (Å²) in [4.78, 5) is 11.9. The molecule has 1 aromatic carbocycles. The molecule has 0 aliphatic heterocycles. The third-order valence-electron chi connectivity index (χ3n) is 4.05. The van der Waals surface area contributed by atoms with Crippen molar-refractivity contribution in [1.82, 2.24) is 5.32 Å². The normalized spacial score (nSPS) is 17.7. The zero-order chi connectivity index (χ0) is 14.4. The number of benzene rings is 1. The van der Waals surface area contributed by atoms with Crippen molar-refractivity contribution in [1.29, 1.82) is 0 Å². The second-order valence-corrected chi connectivity index (χ2v) is 6.06. The largest absolute Gasteiger partial charge is 0.325 e. The van der Waals surface area contributed by atoms with Gasteiger partial charge in [0, 0.05) is 16.8 Å². The Balaban J connectivity index is 1.74. The average Bonchev–Trinajstić information content (AvgIpc) is 2.46. The van der Waals surface area contributed by atoms with Gasteiger partial charge in [-0.15, -0.1) is 0 Å². The van der Waals surface area contributed by atoms with Crippen LogP contribution in [0.4, 0.5) is 5.69 Å². The van der Waals surface area contributed by atoms with Crippen molar-refractivity contribution in [3.8, 4) is 0 Å². The fourth-order valence-electron chi connectivity index (χ4n) is 2.83. The Bertz CT molecular complexity index is 444. The van der Waals surface area contributed by atoms with E-state index in [0.717, 1.165) is 5.69 Å². The lowest BCUT2D eigenvalue weighted by molar-refractivity contribution is -0.115. The highest BCUT2D eigenvalue weighted by atomic mass is 35.5. The van der Waals surface area contributed by atoms with Crippen LogP contribution in [0.3, 0.4) is 0 Å². The minimum atomic E-state index is -0.0186. The van der Waals surface area contributed by atoms with E-state index in [4.69, 9.17) is 11.6 Å². The molecule has 2 rings (SSSR count). The van der Waals surface area contributed by atoms with Crippen LogP contribution < -0.4 is 10.6 Å². The van der Waals surface area contributed by atoms with E-state index in [9.17, 15) is 4.79 Å². The number of hydrogen-bond acceptors (Lipinski definition) is 2. The van der Waals surface area contributed by atoms with Gasteiger partial charge < -0.3 is 10.6 Å². The molecule has 1 fully saturated rings. The molecule has 2 N–H and O–H groups in total. The highest BCUT2D eigenvalue weighted by Crippen LogP contribution is 2.26. The number of nitrogens with one attached hydrogen (secondary N) is 2. The van der Waals surface area contributed by atoms with Gasteiger partial charge in [0.2, 0.25) is 5.91 Å². The maximum atomic E-state index is 11.9. The van der Waals surface area contributed by atoms with Gasteiger partial charge in [-0.2, -0.15) is 0 Å². The van der Waals surface area contributed by atoms with Crippen molar-refractivity contribution in [3.63, 3.8) is 0 Å². The molecule has 0 bridgehead atoms. The second kappa shape index (κ2) is 7.65. The number of anilines is 1. The molecule has 4 heteroatoms. The van der Waals surface area contributed by atoms with Crippen molar-refractivity contribution in [3.05, 3.63) is 29.3 Å². The summed E-state index contributed by atoms with van der Waals surface area (Å²) >= 11 is 5.89. The molecule has 1 aromatic rings. The lowest BCUT2D eigenvalue weighted by atomic mass is 9.84. The van der Waals surface area contributed by atoms with Crippen LogP contribution in [0.15, 0.2) is 24.3 Å². The van der Waals surface area contributed by atoms with Gasteiger partial charge in [0.25, 0.3) is 0 Å². The van der Waals surface area contributed by atoms with Gasteiger partial charge in [-0.05, 0) is 43.9 Å². The molecule has 1 amide bonds. The fraction of sp³-hybridized carbons (Fsp3) is 0.562. The predicted octanol–water partition coefficient (Wildman–Crippen LogP) is 3.84. The van der Waals surface area contributed by atoms with Crippen LogP contribution in [0, 0.1) is 5.92 Å². The molecule has 0 heterocycles. The SMILES string of the molecule is C[C@H](NCC(=O)Nc1cccc(Cl)c1)C1CCCCC1. The van der Waals surface area contributed by atoms with E-state index >= 15 is 0 Å². The summed E-state index contributed by atoms with van der Waals surface area (Å²) in [6.45, 7) is 2.53. The molecule has 0 unspecified atom stereocenters. The lowest BCUT2D eigenvalue weighted by Gasteiger charge is -2.28. The van der Waals surface area contributed by atoms with Crippen LogP contribution in [0.1, 0.15) is 39.0 Å². The summed E-state index contributed by atoms with van der Waals surface area (Å²) in [6, 6.07) is 7.62. The molecule has 0 radical (unpaired) electrons. The summed E-state index contributed by atoms with van der Waals surface area (Å²) in [7, 11) is 0. The molecule has 1 atom stereocenters.